The smallest absolute Gasteiger partial charge is 0.0940 e. The molecule has 0 saturated carbocycles. The van der Waals surface area contributed by atoms with E-state index < -0.39 is 0 Å². The SMILES string of the molecule is CC1(C(O)C2CCOC3(CCOC3)C2)CCCO1. The molecule has 0 aliphatic carbocycles. The van der Waals surface area contributed by atoms with Gasteiger partial charge in [-0.05, 0) is 38.5 Å². The highest BCUT2D eigenvalue weighted by Gasteiger charge is 2.48. The van der Waals surface area contributed by atoms with Crippen LogP contribution in [0.2, 0.25) is 0 Å². The third kappa shape index (κ3) is 2.20. The topological polar surface area (TPSA) is 47.9 Å². The molecule has 4 atom stereocenters. The summed E-state index contributed by atoms with van der Waals surface area (Å²) in [5.74, 6) is 0.281. The van der Waals surface area contributed by atoms with Crippen LogP contribution in [0.3, 0.4) is 0 Å². The average Bonchev–Trinajstić information content (AvgIpc) is 2.99. The molecule has 3 aliphatic rings. The van der Waals surface area contributed by atoms with Crippen LogP contribution in [0.15, 0.2) is 0 Å². The molecule has 0 aromatic carbocycles. The van der Waals surface area contributed by atoms with Crippen LogP contribution < -0.4 is 0 Å². The Balaban J connectivity index is 1.68. The van der Waals surface area contributed by atoms with Gasteiger partial charge in [0.05, 0.1) is 23.9 Å². The van der Waals surface area contributed by atoms with Gasteiger partial charge >= 0.3 is 0 Å². The lowest BCUT2D eigenvalue weighted by Crippen LogP contribution is -2.50. The third-order valence-corrected chi connectivity index (χ3v) is 4.92. The molecule has 0 aromatic rings. The first kappa shape index (κ1) is 12.9. The number of ether oxygens (including phenoxy) is 3. The molecule has 3 heterocycles. The number of rotatable bonds is 2. The minimum atomic E-state index is -0.374. The third-order valence-electron chi connectivity index (χ3n) is 4.92. The monoisotopic (exact) mass is 256 g/mol. The molecular weight excluding hydrogens is 232 g/mol. The average molecular weight is 256 g/mol. The van der Waals surface area contributed by atoms with Gasteiger partial charge in [-0.1, -0.05) is 0 Å². The predicted octanol–water partition coefficient (Wildman–Crippen LogP) is 1.50. The number of hydrogen-bond acceptors (Lipinski definition) is 4. The fourth-order valence-electron chi connectivity index (χ4n) is 3.73. The minimum absolute atomic E-state index is 0.126. The fraction of sp³-hybridized carbons (Fsp3) is 1.00. The van der Waals surface area contributed by atoms with Gasteiger partial charge in [0.1, 0.15) is 0 Å². The van der Waals surface area contributed by atoms with E-state index in [0.29, 0.717) is 6.61 Å². The molecule has 1 N–H and O–H groups in total. The van der Waals surface area contributed by atoms with Gasteiger partial charge in [0.25, 0.3) is 0 Å². The van der Waals surface area contributed by atoms with Crippen LogP contribution >= 0.6 is 0 Å². The normalized spacial score (nSPS) is 46.7. The Hall–Kier alpha value is -0.160. The Morgan fingerprint density at radius 3 is 2.72 bits per heavy atom. The Labute approximate surface area is 109 Å². The molecule has 18 heavy (non-hydrogen) atoms. The second-order valence-corrected chi connectivity index (χ2v) is 6.30. The van der Waals surface area contributed by atoms with Crippen LogP contribution in [-0.2, 0) is 14.2 Å². The first-order valence-electron chi connectivity index (χ1n) is 7.17. The molecule has 0 aromatic heterocycles. The summed E-state index contributed by atoms with van der Waals surface area (Å²) in [5, 5.41) is 10.7. The van der Waals surface area contributed by atoms with Crippen molar-refractivity contribution in [3.8, 4) is 0 Å². The fourth-order valence-corrected chi connectivity index (χ4v) is 3.73. The van der Waals surface area contributed by atoms with Crippen molar-refractivity contribution in [1.29, 1.82) is 0 Å². The van der Waals surface area contributed by atoms with Gasteiger partial charge in [-0.3, -0.25) is 0 Å². The number of aliphatic hydroxyl groups is 1. The van der Waals surface area contributed by atoms with E-state index in [1.807, 2.05) is 0 Å². The van der Waals surface area contributed by atoms with E-state index in [1.165, 1.54) is 0 Å². The highest BCUT2D eigenvalue weighted by atomic mass is 16.6. The van der Waals surface area contributed by atoms with Crippen molar-refractivity contribution in [2.24, 2.45) is 5.92 Å². The highest BCUT2D eigenvalue weighted by molar-refractivity contribution is 4.98. The van der Waals surface area contributed by atoms with Crippen molar-refractivity contribution in [2.75, 3.05) is 26.4 Å². The zero-order valence-electron chi connectivity index (χ0n) is 11.2. The largest absolute Gasteiger partial charge is 0.390 e. The van der Waals surface area contributed by atoms with Crippen molar-refractivity contribution in [3.63, 3.8) is 0 Å². The molecule has 0 bridgehead atoms. The van der Waals surface area contributed by atoms with Crippen LogP contribution in [0, 0.1) is 5.92 Å². The molecule has 3 saturated heterocycles. The second-order valence-electron chi connectivity index (χ2n) is 6.30. The quantitative estimate of drug-likeness (QED) is 0.813. The van der Waals surface area contributed by atoms with Gasteiger partial charge in [-0.15, -0.1) is 0 Å². The highest BCUT2D eigenvalue weighted by Crippen LogP contribution is 2.41. The Morgan fingerprint density at radius 2 is 2.06 bits per heavy atom. The van der Waals surface area contributed by atoms with E-state index >= 15 is 0 Å². The molecule has 4 heteroatoms. The maximum atomic E-state index is 10.7. The maximum absolute atomic E-state index is 10.7. The zero-order chi connectivity index (χ0) is 12.6. The summed E-state index contributed by atoms with van der Waals surface area (Å²) < 4.78 is 17.2. The number of hydrogen-bond donors (Lipinski definition) is 1. The summed E-state index contributed by atoms with van der Waals surface area (Å²) in [6.45, 7) is 5.05. The standard InChI is InChI=1S/C14H24O4/c1-13(4-2-6-17-13)12(15)11-3-7-18-14(9-11)5-8-16-10-14/h11-12,15H,2-10H2,1H3. The molecular formula is C14H24O4. The first-order valence-corrected chi connectivity index (χ1v) is 7.17. The van der Waals surface area contributed by atoms with Gasteiger partial charge in [-0.25, -0.2) is 0 Å². The van der Waals surface area contributed by atoms with E-state index in [0.717, 1.165) is 51.9 Å². The van der Waals surface area contributed by atoms with Crippen LogP contribution in [0.5, 0.6) is 0 Å². The van der Waals surface area contributed by atoms with Crippen LogP contribution in [-0.4, -0.2) is 48.8 Å². The van der Waals surface area contributed by atoms with Gasteiger partial charge in [0.15, 0.2) is 0 Å². The number of aliphatic hydroxyl groups excluding tert-OH is 1. The van der Waals surface area contributed by atoms with Crippen molar-refractivity contribution < 1.29 is 19.3 Å². The van der Waals surface area contributed by atoms with Gasteiger partial charge in [-0.2, -0.15) is 0 Å². The Morgan fingerprint density at radius 1 is 1.17 bits per heavy atom. The molecule has 1 spiro atoms. The summed E-state index contributed by atoms with van der Waals surface area (Å²) in [4.78, 5) is 0. The molecule has 3 rings (SSSR count). The van der Waals surface area contributed by atoms with Gasteiger partial charge in [0, 0.05) is 26.2 Å². The second kappa shape index (κ2) is 4.75. The molecule has 3 aliphatic heterocycles. The maximum Gasteiger partial charge on any atom is 0.0940 e. The van der Waals surface area contributed by atoms with E-state index in [4.69, 9.17) is 14.2 Å². The summed E-state index contributed by atoms with van der Waals surface area (Å²) in [7, 11) is 0. The zero-order valence-corrected chi connectivity index (χ0v) is 11.2. The summed E-state index contributed by atoms with van der Waals surface area (Å²) in [6, 6.07) is 0. The first-order chi connectivity index (χ1) is 8.64. The lowest BCUT2D eigenvalue weighted by molar-refractivity contribution is -0.156. The molecule has 104 valence electrons. The molecule has 4 unspecified atom stereocenters. The molecule has 0 radical (unpaired) electrons. The van der Waals surface area contributed by atoms with E-state index in [1.54, 1.807) is 0 Å². The van der Waals surface area contributed by atoms with Crippen LogP contribution in [0.1, 0.15) is 39.0 Å². The van der Waals surface area contributed by atoms with Gasteiger partial charge < -0.3 is 19.3 Å². The van der Waals surface area contributed by atoms with Crippen molar-refractivity contribution in [1.82, 2.24) is 0 Å². The van der Waals surface area contributed by atoms with Crippen LogP contribution in [0.4, 0.5) is 0 Å². The van der Waals surface area contributed by atoms with E-state index in [9.17, 15) is 5.11 Å². The minimum Gasteiger partial charge on any atom is -0.390 e. The summed E-state index contributed by atoms with van der Waals surface area (Å²) >= 11 is 0. The van der Waals surface area contributed by atoms with Crippen molar-refractivity contribution in [3.05, 3.63) is 0 Å². The van der Waals surface area contributed by atoms with Crippen molar-refractivity contribution in [2.45, 2.75) is 56.3 Å². The lowest BCUT2D eigenvalue weighted by Gasteiger charge is -2.42. The lowest BCUT2D eigenvalue weighted by atomic mass is 9.76. The van der Waals surface area contributed by atoms with E-state index in [2.05, 4.69) is 6.92 Å². The van der Waals surface area contributed by atoms with Gasteiger partial charge in [0.2, 0.25) is 0 Å². The molecule has 3 fully saturated rings. The predicted molar refractivity (Wildman–Crippen MR) is 66.4 cm³/mol. The van der Waals surface area contributed by atoms with Crippen LogP contribution in [0.25, 0.3) is 0 Å². The van der Waals surface area contributed by atoms with Crippen molar-refractivity contribution >= 4 is 0 Å². The Bertz CT molecular complexity index is 282. The summed E-state index contributed by atoms with van der Waals surface area (Å²) in [6.07, 6.45) is 4.46. The van der Waals surface area contributed by atoms with E-state index in [-0.39, 0.29) is 23.2 Å². The Kier molecular flexibility index (Phi) is 3.39. The summed E-state index contributed by atoms with van der Waals surface area (Å²) in [5.41, 5.74) is -0.471. The molecule has 0 amide bonds. The molecule has 4 nitrogen and oxygen atoms in total.